The third-order valence-corrected chi connectivity index (χ3v) is 4.83. The van der Waals surface area contributed by atoms with E-state index in [0.717, 1.165) is 35.9 Å². The van der Waals surface area contributed by atoms with E-state index in [1.807, 2.05) is 42.9 Å². The van der Waals surface area contributed by atoms with Gasteiger partial charge in [0.1, 0.15) is 5.78 Å². The maximum Gasteiger partial charge on any atom is 0.146 e. The largest absolute Gasteiger partial charge is 0.327 e. The highest BCUT2D eigenvalue weighted by atomic mass is 16.1. The van der Waals surface area contributed by atoms with Crippen LogP contribution in [-0.4, -0.2) is 21.6 Å². The summed E-state index contributed by atoms with van der Waals surface area (Å²) in [5.41, 5.74) is 7.70. The highest BCUT2D eigenvalue weighted by Gasteiger charge is 2.42. The minimum Gasteiger partial charge on any atom is -0.327 e. The molecule has 2 unspecified atom stereocenters. The van der Waals surface area contributed by atoms with Crippen LogP contribution in [-0.2, 0) is 18.3 Å². The van der Waals surface area contributed by atoms with Crippen LogP contribution in [0.2, 0.25) is 0 Å². The second-order valence-electron chi connectivity index (χ2n) is 6.10. The summed E-state index contributed by atoms with van der Waals surface area (Å²) in [5, 5.41) is 5.58. The number of para-hydroxylation sites is 1. The first kappa shape index (κ1) is 13.3. The molecule has 1 heterocycles. The SMILES string of the molecule is Cn1nc(CC(=O)C2(C)CCCC2N)c2ccccc21. The van der Waals surface area contributed by atoms with Gasteiger partial charge in [0.15, 0.2) is 0 Å². The number of hydrogen-bond donors (Lipinski definition) is 1. The van der Waals surface area contributed by atoms with Crippen LogP contribution in [0.25, 0.3) is 10.9 Å². The van der Waals surface area contributed by atoms with Crippen molar-refractivity contribution in [3.8, 4) is 0 Å². The van der Waals surface area contributed by atoms with Crippen molar-refractivity contribution in [1.29, 1.82) is 0 Å². The average Bonchev–Trinajstić information content (AvgIpc) is 2.93. The summed E-state index contributed by atoms with van der Waals surface area (Å²) >= 11 is 0. The molecule has 1 fully saturated rings. The van der Waals surface area contributed by atoms with Gasteiger partial charge in [-0.25, -0.2) is 0 Å². The molecular weight excluding hydrogens is 250 g/mol. The normalized spacial score (nSPS) is 26.2. The Morgan fingerprint density at radius 2 is 2.25 bits per heavy atom. The number of aryl methyl sites for hydroxylation is 1. The number of ketones is 1. The summed E-state index contributed by atoms with van der Waals surface area (Å²) in [4.78, 5) is 12.7. The zero-order chi connectivity index (χ0) is 14.3. The van der Waals surface area contributed by atoms with Crippen molar-refractivity contribution in [2.75, 3.05) is 0 Å². The molecule has 1 aromatic carbocycles. The van der Waals surface area contributed by atoms with E-state index in [0.29, 0.717) is 6.42 Å². The molecule has 0 amide bonds. The summed E-state index contributed by atoms with van der Waals surface area (Å²) < 4.78 is 1.84. The first-order valence-corrected chi connectivity index (χ1v) is 7.22. The van der Waals surface area contributed by atoms with Crippen molar-refractivity contribution in [3.63, 3.8) is 0 Å². The van der Waals surface area contributed by atoms with Gasteiger partial charge in [-0.1, -0.05) is 31.5 Å². The monoisotopic (exact) mass is 271 g/mol. The molecule has 0 bridgehead atoms. The van der Waals surface area contributed by atoms with Gasteiger partial charge in [0.2, 0.25) is 0 Å². The summed E-state index contributed by atoms with van der Waals surface area (Å²) in [6.07, 6.45) is 3.28. The van der Waals surface area contributed by atoms with Gasteiger partial charge in [-0.15, -0.1) is 0 Å². The fraction of sp³-hybridized carbons (Fsp3) is 0.500. The number of carbonyl (C=O) groups excluding carboxylic acids is 1. The van der Waals surface area contributed by atoms with E-state index in [-0.39, 0.29) is 17.2 Å². The van der Waals surface area contributed by atoms with Crippen molar-refractivity contribution >= 4 is 16.7 Å². The molecule has 106 valence electrons. The molecule has 1 saturated carbocycles. The second-order valence-corrected chi connectivity index (χ2v) is 6.10. The zero-order valence-electron chi connectivity index (χ0n) is 12.1. The maximum absolute atomic E-state index is 12.7. The molecule has 0 radical (unpaired) electrons. The zero-order valence-corrected chi connectivity index (χ0v) is 12.1. The molecule has 1 aromatic heterocycles. The molecule has 20 heavy (non-hydrogen) atoms. The van der Waals surface area contributed by atoms with Crippen LogP contribution in [0.5, 0.6) is 0 Å². The minimum atomic E-state index is -0.376. The first-order valence-electron chi connectivity index (χ1n) is 7.22. The third kappa shape index (κ3) is 1.95. The molecule has 3 rings (SSSR count). The topological polar surface area (TPSA) is 60.9 Å². The van der Waals surface area contributed by atoms with Crippen LogP contribution < -0.4 is 5.73 Å². The van der Waals surface area contributed by atoms with Crippen molar-refractivity contribution in [2.24, 2.45) is 18.2 Å². The van der Waals surface area contributed by atoms with Crippen molar-refractivity contribution in [1.82, 2.24) is 9.78 Å². The molecule has 2 aromatic rings. The van der Waals surface area contributed by atoms with Crippen molar-refractivity contribution in [2.45, 2.75) is 38.6 Å². The van der Waals surface area contributed by atoms with E-state index in [9.17, 15) is 4.79 Å². The van der Waals surface area contributed by atoms with E-state index in [1.165, 1.54) is 0 Å². The van der Waals surface area contributed by atoms with Crippen LogP contribution in [0.15, 0.2) is 24.3 Å². The third-order valence-electron chi connectivity index (χ3n) is 4.83. The van der Waals surface area contributed by atoms with Gasteiger partial charge < -0.3 is 5.73 Å². The molecule has 0 aliphatic heterocycles. The minimum absolute atomic E-state index is 0.00928. The molecule has 0 saturated heterocycles. The number of benzene rings is 1. The van der Waals surface area contributed by atoms with Gasteiger partial charge >= 0.3 is 0 Å². The molecule has 0 spiro atoms. The summed E-state index contributed by atoms with van der Waals surface area (Å²) in [7, 11) is 1.92. The Labute approximate surface area is 119 Å². The van der Waals surface area contributed by atoms with Crippen LogP contribution in [0.1, 0.15) is 31.9 Å². The Balaban J connectivity index is 1.92. The Hall–Kier alpha value is -1.68. The summed E-state index contributed by atoms with van der Waals surface area (Å²) in [5.74, 6) is 0.228. The maximum atomic E-state index is 12.7. The number of hydrogen-bond acceptors (Lipinski definition) is 3. The van der Waals surface area contributed by atoms with E-state index in [1.54, 1.807) is 0 Å². The highest BCUT2D eigenvalue weighted by Crippen LogP contribution is 2.38. The van der Waals surface area contributed by atoms with Crippen LogP contribution in [0.3, 0.4) is 0 Å². The molecule has 1 aliphatic carbocycles. The molecule has 2 atom stereocenters. The second kappa shape index (κ2) is 4.70. The lowest BCUT2D eigenvalue weighted by Crippen LogP contribution is -2.42. The molecule has 4 nitrogen and oxygen atoms in total. The lowest BCUT2D eigenvalue weighted by atomic mass is 9.79. The lowest BCUT2D eigenvalue weighted by Gasteiger charge is -2.27. The molecular formula is C16H21N3O. The Morgan fingerprint density at radius 1 is 1.50 bits per heavy atom. The fourth-order valence-electron chi connectivity index (χ4n) is 3.31. The number of nitrogens with two attached hydrogens (primary N) is 1. The quantitative estimate of drug-likeness (QED) is 0.931. The lowest BCUT2D eigenvalue weighted by molar-refractivity contribution is -0.127. The van der Waals surface area contributed by atoms with Crippen LogP contribution >= 0.6 is 0 Å². The van der Waals surface area contributed by atoms with E-state index < -0.39 is 0 Å². The number of nitrogens with zero attached hydrogens (tertiary/aromatic N) is 2. The average molecular weight is 271 g/mol. The summed E-state index contributed by atoms with van der Waals surface area (Å²) in [6, 6.07) is 8.02. The Bertz CT molecular complexity index is 661. The van der Waals surface area contributed by atoms with Gasteiger partial charge in [0.05, 0.1) is 17.6 Å². The Morgan fingerprint density at radius 3 is 2.95 bits per heavy atom. The molecule has 4 heteroatoms. The predicted octanol–water partition coefficient (Wildman–Crippen LogP) is 2.20. The van der Waals surface area contributed by atoms with Crippen molar-refractivity contribution in [3.05, 3.63) is 30.0 Å². The number of rotatable bonds is 3. The van der Waals surface area contributed by atoms with E-state index >= 15 is 0 Å². The van der Waals surface area contributed by atoms with Gasteiger partial charge in [0.25, 0.3) is 0 Å². The Kier molecular flexibility index (Phi) is 3.13. The van der Waals surface area contributed by atoms with E-state index in [4.69, 9.17) is 5.73 Å². The smallest absolute Gasteiger partial charge is 0.146 e. The highest BCUT2D eigenvalue weighted by molar-refractivity contribution is 5.92. The van der Waals surface area contributed by atoms with Gasteiger partial charge in [-0.05, 0) is 18.9 Å². The standard InChI is InChI=1S/C16H21N3O/c1-16(9-5-8-14(16)17)15(20)10-12-11-6-3-4-7-13(11)19(2)18-12/h3-4,6-7,14H,5,8-10,17H2,1-2H3. The molecule has 1 aliphatic rings. The first-order chi connectivity index (χ1) is 9.52. The van der Waals surface area contributed by atoms with E-state index in [2.05, 4.69) is 5.10 Å². The predicted molar refractivity (Wildman–Crippen MR) is 79.4 cm³/mol. The summed E-state index contributed by atoms with van der Waals surface area (Å²) in [6.45, 7) is 2.01. The van der Waals surface area contributed by atoms with Gasteiger partial charge in [0, 0.05) is 23.9 Å². The van der Waals surface area contributed by atoms with Crippen LogP contribution in [0, 0.1) is 5.41 Å². The van der Waals surface area contributed by atoms with Gasteiger partial charge in [-0.2, -0.15) is 5.10 Å². The number of aromatic nitrogens is 2. The van der Waals surface area contributed by atoms with Crippen LogP contribution in [0.4, 0.5) is 0 Å². The number of fused-ring (bicyclic) bond motifs is 1. The van der Waals surface area contributed by atoms with Crippen molar-refractivity contribution < 1.29 is 4.79 Å². The molecule has 2 N–H and O–H groups in total. The number of carbonyl (C=O) groups is 1. The fourth-order valence-corrected chi connectivity index (χ4v) is 3.31. The number of Topliss-reactive ketones (excluding diaryl/α,β-unsaturated/α-hetero) is 1. The van der Waals surface area contributed by atoms with Gasteiger partial charge in [-0.3, -0.25) is 9.48 Å².